The number of hydrogen-bond donors (Lipinski definition) is 4. The third-order valence-electron chi connectivity index (χ3n) is 5.19. The number of carboxylic acids is 1. The average Bonchev–Trinajstić information content (AvgIpc) is 3.23. The van der Waals surface area contributed by atoms with E-state index < -0.39 is 5.97 Å². The molecule has 2 aromatic carbocycles. The minimum atomic E-state index is -0.795. The zero-order valence-corrected chi connectivity index (χ0v) is 17.3. The molecule has 1 unspecified atom stereocenters. The fourth-order valence-electron chi connectivity index (χ4n) is 3.47. The van der Waals surface area contributed by atoms with Crippen molar-refractivity contribution >= 4 is 22.8 Å². The second-order valence-corrected chi connectivity index (χ2v) is 7.46. The highest BCUT2D eigenvalue weighted by Gasteiger charge is 2.12. The van der Waals surface area contributed by atoms with E-state index in [1.165, 1.54) is 5.56 Å². The minimum Gasteiger partial charge on any atom is -0.481 e. The highest BCUT2D eigenvalue weighted by Crippen LogP contribution is 2.29. The molecule has 0 aliphatic carbocycles. The molecule has 0 saturated heterocycles. The fourth-order valence-corrected chi connectivity index (χ4v) is 3.47. The lowest BCUT2D eigenvalue weighted by molar-refractivity contribution is -0.136. The van der Waals surface area contributed by atoms with Gasteiger partial charge in [-0.25, -0.2) is 9.97 Å². The van der Waals surface area contributed by atoms with Crippen molar-refractivity contribution in [2.75, 3.05) is 11.9 Å². The normalized spacial score (nSPS) is 12.0. The highest BCUT2D eigenvalue weighted by atomic mass is 16.4. The third-order valence-corrected chi connectivity index (χ3v) is 5.19. The molecular weight excluding hydrogens is 390 g/mol. The van der Waals surface area contributed by atoms with Crippen LogP contribution in [0.15, 0.2) is 67.0 Å². The van der Waals surface area contributed by atoms with Crippen LogP contribution >= 0.6 is 0 Å². The van der Waals surface area contributed by atoms with Gasteiger partial charge in [-0.15, -0.1) is 0 Å². The molecule has 0 radical (unpaired) electrons. The molecule has 0 amide bonds. The van der Waals surface area contributed by atoms with Crippen molar-refractivity contribution in [1.82, 2.24) is 20.3 Å². The van der Waals surface area contributed by atoms with E-state index in [-0.39, 0.29) is 12.5 Å². The van der Waals surface area contributed by atoms with Crippen molar-refractivity contribution in [3.63, 3.8) is 0 Å². The van der Waals surface area contributed by atoms with Crippen LogP contribution in [-0.2, 0) is 11.3 Å². The summed E-state index contributed by atoms with van der Waals surface area (Å²) in [7, 11) is 0. The highest BCUT2D eigenvalue weighted by molar-refractivity contribution is 5.91. The summed E-state index contributed by atoms with van der Waals surface area (Å²) >= 11 is 0. The summed E-state index contributed by atoms with van der Waals surface area (Å²) in [6.07, 6.45) is 1.68. The Bertz CT molecular complexity index is 1160. The predicted octanol–water partition coefficient (Wildman–Crippen LogP) is 4.36. The number of carbonyl (C=O) groups is 1. The SMILES string of the molecule is CC(Nc1ncnc2[nH]c(-c3ccc(CNCCC(=O)O)cc3)cc12)c1ccccc1. The number of aromatic nitrogens is 3. The van der Waals surface area contributed by atoms with E-state index in [9.17, 15) is 4.79 Å². The number of H-pyrrole nitrogens is 1. The van der Waals surface area contributed by atoms with Crippen molar-refractivity contribution in [2.24, 2.45) is 0 Å². The first-order chi connectivity index (χ1) is 15.1. The molecule has 0 spiro atoms. The Balaban J connectivity index is 1.49. The molecular formula is C24H25N5O2. The molecule has 2 aromatic heterocycles. The molecule has 7 heteroatoms. The number of fused-ring (bicyclic) bond motifs is 1. The van der Waals surface area contributed by atoms with E-state index in [2.05, 4.69) is 50.7 Å². The van der Waals surface area contributed by atoms with Crippen LogP contribution in [0.5, 0.6) is 0 Å². The van der Waals surface area contributed by atoms with Gasteiger partial charge in [0.15, 0.2) is 0 Å². The molecule has 31 heavy (non-hydrogen) atoms. The number of nitrogens with zero attached hydrogens (tertiary/aromatic N) is 2. The van der Waals surface area contributed by atoms with Crippen LogP contribution in [-0.4, -0.2) is 32.6 Å². The second kappa shape index (κ2) is 9.40. The van der Waals surface area contributed by atoms with Crippen molar-refractivity contribution in [1.29, 1.82) is 0 Å². The van der Waals surface area contributed by atoms with E-state index >= 15 is 0 Å². The van der Waals surface area contributed by atoms with Gasteiger partial charge in [0.05, 0.1) is 11.8 Å². The minimum absolute atomic E-state index is 0.116. The van der Waals surface area contributed by atoms with Gasteiger partial charge in [0.25, 0.3) is 0 Å². The van der Waals surface area contributed by atoms with E-state index in [1.807, 2.05) is 42.5 Å². The summed E-state index contributed by atoms with van der Waals surface area (Å²) in [5, 5.41) is 16.3. The lowest BCUT2D eigenvalue weighted by Gasteiger charge is -2.15. The number of hydrogen-bond acceptors (Lipinski definition) is 5. The van der Waals surface area contributed by atoms with Crippen LogP contribution in [0.4, 0.5) is 5.82 Å². The summed E-state index contributed by atoms with van der Waals surface area (Å²) in [5.41, 5.74) is 5.10. The number of aliphatic carboxylic acids is 1. The predicted molar refractivity (Wildman–Crippen MR) is 122 cm³/mol. The Kier molecular flexibility index (Phi) is 6.24. The molecule has 4 N–H and O–H groups in total. The second-order valence-electron chi connectivity index (χ2n) is 7.46. The number of benzene rings is 2. The smallest absolute Gasteiger partial charge is 0.304 e. The lowest BCUT2D eigenvalue weighted by atomic mass is 10.1. The van der Waals surface area contributed by atoms with Gasteiger partial charge in [-0.2, -0.15) is 0 Å². The van der Waals surface area contributed by atoms with Crippen LogP contribution in [0.3, 0.4) is 0 Å². The summed E-state index contributed by atoms with van der Waals surface area (Å²) in [6, 6.07) is 20.6. The maximum absolute atomic E-state index is 10.6. The molecule has 1 atom stereocenters. The van der Waals surface area contributed by atoms with Crippen molar-refractivity contribution in [3.05, 3.63) is 78.1 Å². The van der Waals surface area contributed by atoms with Crippen molar-refractivity contribution < 1.29 is 9.90 Å². The summed E-state index contributed by atoms with van der Waals surface area (Å²) in [5.74, 6) is -0.000108. The Morgan fingerprint density at radius 2 is 1.87 bits per heavy atom. The Morgan fingerprint density at radius 1 is 1.10 bits per heavy atom. The van der Waals surface area contributed by atoms with Gasteiger partial charge in [0, 0.05) is 24.8 Å². The average molecular weight is 415 g/mol. The fraction of sp³-hybridized carbons (Fsp3) is 0.208. The summed E-state index contributed by atoms with van der Waals surface area (Å²) in [4.78, 5) is 22.8. The number of carboxylic acid groups (broad SMARTS) is 1. The first-order valence-electron chi connectivity index (χ1n) is 10.3. The third kappa shape index (κ3) is 5.07. The Hall–Kier alpha value is -3.71. The molecule has 158 valence electrons. The summed E-state index contributed by atoms with van der Waals surface area (Å²) in [6.45, 7) is 3.20. The molecule has 0 aliphatic rings. The Labute approximate surface area is 180 Å². The van der Waals surface area contributed by atoms with E-state index in [0.29, 0.717) is 13.1 Å². The van der Waals surface area contributed by atoms with E-state index in [0.717, 1.165) is 33.7 Å². The van der Waals surface area contributed by atoms with Crippen molar-refractivity contribution in [2.45, 2.75) is 25.9 Å². The monoisotopic (exact) mass is 415 g/mol. The number of aromatic amines is 1. The van der Waals surface area contributed by atoms with Crippen LogP contribution in [0.1, 0.15) is 30.5 Å². The van der Waals surface area contributed by atoms with Gasteiger partial charge in [-0.05, 0) is 29.7 Å². The molecule has 0 saturated carbocycles. The summed E-state index contributed by atoms with van der Waals surface area (Å²) < 4.78 is 0. The maximum Gasteiger partial charge on any atom is 0.304 e. The van der Waals surface area contributed by atoms with Gasteiger partial charge in [0.2, 0.25) is 0 Å². The van der Waals surface area contributed by atoms with Gasteiger partial charge in [0.1, 0.15) is 17.8 Å². The first-order valence-corrected chi connectivity index (χ1v) is 10.3. The van der Waals surface area contributed by atoms with Crippen LogP contribution < -0.4 is 10.6 Å². The number of anilines is 1. The number of rotatable bonds is 9. The van der Waals surface area contributed by atoms with Crippen molar-refractivity contribution in [3.8, 4) is 11.3 Å². The molecule has 0 fully saturated rings. The molecule has 7 nitrogen and oxygen atoms in total. The first kappa shape index (κ1) is 20.6. The van der Waals surface area contributed by atoms with Crippen LogP contribution in [0.25, 0.3) is 22.3 Å². The topological polar surface area (TPSA) is 103 Å². The Morgan fingerprint density at radius 3 is 2.61 bits per heavy atom. The van der Waals surface area contributed by atoms with E-state index in [1.54, 1.807) is 6.33 Å². The van der Waals surface area contributed by atoms with Gasteiger partial charge >= 0.3 is 5.97 Å². The number of nitrogens with one attached hydrogen (secondary N) is 3. The van der Waals surface area contributed by atoms with Gasteiger partial charge in [-0.3, -0.25) is 4.79 Å². The maximum atomic E-state index is 10.6. The standard InChI is InChI=1S/C24H25N5O2/c1-16(18-5-3-2-4-6-18)28-23-20-13-21(29-24(20)27-15-26-23)19-9-7-17(8-10-19)14-25-12-11-22(30)31/h2-10,13,15-16,25H,11-12,14H2,1H3,(H,30,31)(H2,26,27,28,29). The largest absolute Gasteiger partial charge is 0.481 e. The molecule has 0 aliphatic heterocycles. The van der Waals surface area contributed by atoms with Gasteiger partial charge < -0.3 is 20.7 Å². The lowest BCUT2D eigenvalue weighted by Crippen LogP contribution is -2.17. The molecule has 0 bridgehead atoms. The zero-order chi connectivity index (χ0) is 21.6. The van der Waals surface area contributed by atoms with Gasteiger partial charge in [-0.1, -0.05) is 54.6 Å². The van der Waals surface area contributed by atoms with Crippen LogP contribution in [0, 0.1) is 0 Å². The van der Waals surface area contributed by atoms with E-state index in [4.69, 9.17) is 5.11 Å². The molecule has 2 heterocycles. The zero-order valence-electron chi connectivity index (χ0n) is 17.3. The molecule has 4 aromatic rings. The quantitative estimate of drug-likeness (QED) is 0.303. The molecule has 4 rings (SSSR count). The van der Waals surface area contributed by atoms with Crippen LogP contribution in [0.2, 0.25) is 0 Å².